The molecular weight excluding hydrogens is 324 g/mol. The van der Waals surface area contributed by atoms with E-state index in [0.717, 1.165) is 35.9 Å². The van der Waals surface area contributed by atoms with Crippen LogP contribution in [0.1, 0.15) is 25.7 Å². The molecule has 0 bridgehead atoms. The molecule has 1 aliphatic rings. The van der Waals surface area contributed by atoms with E-state index < -0.39 is 5.54 Å². The van der Waals surface area contributed by atoms with Crippen molar-refractivity contribution in [3.63, 3.8) is 0 Å². The summed E-state index contributed by atoms with van der Waals surface area (Å²) in [4.78, 5) is 12.7. The minimum absolute atomic E-state index is 0.230. The number of rotatable bonds is 5. The van der Waals surface area contributed by atoms with Crippen molar-refractivity contribution in [2.75, 3.05) is 5.75 Å². The number of hydrogen-bond acceptors (Lipinski definition) is 3. The van der Waals surface area contributed by atoms with Crippen molar-refractivity contribution in [3.05, 3.63) is 28.7 Å². The molecule has 1 aromatic rings. The van der Waals surface area contributed by atoms with Gasteiger partial charge in [0.1, 0.15) is 0 Å². The number of nitrogens with two attached hydrogens (primary N) is 2. The summed E-state index contributed by atoms with van der Waals surface area (Å²) in [5.74, 6) is 0.856. The molecule has 104 valence electrons. The van der Waals surface area contributed by atoms with Crippen LogP contribution >= 0.6 is 27.7 Å². The first-order valence-electron chi connectivity index (χ1n) is 6.49. The van der Waals surface area contributed by atoms with E-state index in [1.807, 2.05) is 12.1 Å². The van der Waals surface area contributed by atoms with Gasteiger partial charge < -0.3 is 11.5 Å². The highest BCUT2D eigenvalue weighted by molar-refractivity contribution is 9.10. The number of amides is 1. The number of carbonyl (C=O) groups is 1. The lowest BCUT2D eigenvalue weighted by molar-refractivity contribution is -0.124. The Hall–Kier alpha value is -0.520. The van der Waals surface area contributed by atoms with Gasteiger partial charge in [-0.1, -0.05) is 22.4 Å². The second-order valence-electron chi connectivity index (χ2n) is 5.08. The van der Waals surface area contributed by atoms with Crippen LogP contribution in [0, 0.1) is 5.92 Å². The minimum Gasteiger partial charge on any atom is -0.368 e. The average Bonchev–Trinajstić information content (AvgIpc) is 2.75. The number of halogens is 1. The zero-order valence-electron chi connectivity index (χ0n) is 10.8. The monoisotopic (exact) mass is 342 g/mol. The lowest BCUT2D eigenvalue weighted by atomic mass is 9.85. The van der Waals surface area contributed by atoms with Crippen molar-refractivity contribution in [2.45, 2.75) is 36.1 Å². The van der Waals surface area contributed by atoms with Crippen LogP contribution in [0.2, 0.25) is 0 Å². The van der Waals surface area contributed by atoms with Gasteiger partial charge in [-0.15, -0.1) is 11.8 Å². The molecule has 4 N–H and O–H groups in total. The molecule has 0 radical (unpaired) electrons. The summed E-state index contributed by atoms with van der Waals surface area (Å²) in [6.45, 7) is 0. The molecule has 1 amide bonds. The standard InChI is InChI=1S/C14H19BrN2OS/c15-11-3-5-12(6-4-11)19-9-7-10-2-1-8-14(10,17)13(16)18/h3-6,10H,1-2,7-9,17H2,(H2,16,18). The summed E-state index contributed by atoms with van der Waals surface area (Å²) < 4.78 is 1.09. The second-order valence-corrected chi connectivity index (χ2v) is 7.17. The molecular formula is C14H19BrN2OS. The molecule has 5 heteroatoms. The molecule has 0 saturated heterocycles. The van der Waals surface area contributed by atoms with Crippen LogP contribution in [0.4, 0.5) is 0 Å². The third-order valence-electron chi connectivity index (χ3n) is 3.88. The number of benzene rings is 1. The lowest BCUT2D eigenvalue weighted by Crippen LogP contribution is -2.54. The predicted octanol–water partition coefficient (Wildman–Crippen LogP) is 2.91. The topological polar surface area (TPSA) is 69.1 Å². The molecule has 2 unspecified atom stereocenters. The van der Waals surface area contributed by atoms with Gasteiger partial charge in [0.25, 0.3) is 0 Å². The normalized spacial score (nSPS) is 26.5. The van der Waals surface area contributed by atoms with Crippen molar-refractivity contribution in [1.82, 2.24) is 0 Å². The molecule has 2 atom stereocenters. The summed E-state index contributed by atoms with van der Waals surface area (Å²) in [5, 5.41) is 0. The number of carbonyl (C=O) groups excluding carboxylic acids is 1. The van der Waals surface area contributed by atoms with E-state index in [9.17, 15) is 4.79 Å². The van der Waals surface area contributed by atoms with Gasteiger partial charge in [-0.05, 0) is 55.2 Å². The van der Waals surface area contributed by atoms with Crippen LogP contribution < -0.4 is 11.5 Å². The van der Waals surface area contributed by atoms with Crippen LogP contribution in [0.25, 0.3) is 0 Å². The smallest absolute Gasteiger partial charge is 0.237 e. The summed E-state index contributed by atoms with van der Waals surface area (Å²) in [7, 11) is 0. The van der Waals surface area contributed by atoms with Gasteiger partial charge in [-0.2, -0.15) is 0 Å². The third kappa shape index (κ3) is 3.52. The van der Waals surface area contributed by atoms with E-state index in [4.69, 9.17) is 11.5 Å². The maximum atomic E-state index is 11.5. The fourth-order valence-corrected chi connectivity index (χ4v) is 3.91. The Balaban J connectivity index is 1.85. The zero-order valence-corrected chi connectivity index (χ0v) is 13.2. The Morgan fingerprint density at radius 2 is 2.11 bits per heavy atom. The third-order valence-corrected chi connectivity index (χ3v) is 5.45. The van der Waals surface area contributed by atoms with Crippen LogP contribution in [0.15, 0.2) is 33.6 Å². The zero-order chi connectivity index (χ0) is 13.9. The molecule has 1 saturated carbocycles. The molecule has 0 spiro atoms. The highest BCUT2D eigenvalue weighted by Gasteiger charge is 2.43. The first kappa shape index (κ1) is 14.9. The average molecular weight is 343 g/mol. The van der Waals surface area contributed by atoms with Crippen LogP contribution in [-0.2, 0) is 4.79 Å². The Bertz CT molecular complexity index is 451. The van der Waals surface area contributed by atoms with Crippen molar-refractivity contribution in [1.29, 1.82) is 0 Å². The summed E-state index contributed by atoms with van der Waals surface area (Å²) >= 11 is 5.22. The second kappa shape index (κ2) is 6.29. The van der Waals surface area contributed by atoms with E-state index in [-0.39, 0.29) is 11.8 Å². The molecule has 1 aliphatic carbocycles. The van der Waals surface area contributed by atoms with Crippen molar-refractivity contribution >= 4 is 33.6 Å². The summed E-state index contributed by atoms with van der Waals surface area (Å²) in [6, 6.07) is 8.25. The van der Waals surface area contributed by atoms with E-state index in [1.54, 1.807) is 11.8 Å². The highest BCUT2D eigenvalue weighted by atomic mass is 79.9. The molecule has 3 nitrogen and oxygen atoms in total. The van der Waals surface area contributed by atoms with Gasteiger partial charge >= 0.3 is 0 Å². The van der Waals surface area contributed by atoms with E-state index in [2.05, 4.69) is 28.1 Å². The minimum atomic E-state index is -0.778. The quantitative estimate of drug-likeness (QED) is 0.808. The molecule has 1 fully saturated rings. The van der Waals surface area contributed by atoms with Crippen molar-refractivity contribution in [2.24, 2.45) is 17.4 Å². The van der Waals surface area contributed by atoms with Crippen LogP contribution in [0.3, 0.4) is 0 Å². The largest absolute Gasteiger partial charge is 0.368 e. The lowest BCUT2D eigenvalue weighted by Gasteiger charge is -2.27. The van der Waals surface area contributed by atoms with E-state index in [0.29, 0.717) is 0 Å². The molecule has 0 aliphatic heterocycles. The van der Waals surface area contributed by atoms with Crippen molar-refractivity contribution in [3.8, 4) is 0 Å². The van der Waals surface area contributed by atoms with Gasteiger partial charge in [-0.25, -0.2) is 0 Å². The van der Waals surface area contributed by atoms with Gasteiger partial charge in [-0.3, -0.25) is 4.79 Å². The molecule has 19 heavy (non-hydrogen) atoms. The SMILES string of the molecule is NC(=O)C1(N)CCCC1CCSc1ccc(Br)cc1. The predicted molar refractivity (Wildman–Crippen MR) is 82.9 cm³/mol. The molecule has 0 heterocycles. The van der Waals surface area contributed by atoms with Gasteiger partial charge in [0.15, 0.2) is 0 Å². The maximum absolute atomic E-state index is 11.5. The maximum Gasteiger partial charge on any atom is 0.237 e. The Labute approximate surface area is 126 Å². The molecule has 1 aromatic carbocycles. The van der Waals surface area contributed by atoms with Crippen LogP contribution in [-0.4, -0.2) is 17.2 Å². The van der Waals surface area contributed by atoms with Gasteiger partial charge in [0.05, 0.1) is 5.54 Å². The summed E-state index contributed by atoms with van der Waals surface area (Å²) in [5.41, 5.74) is 10.8. The Kier molecular flexibility index (Phi) is 4.92. The Morgan fingerprint density at radius 3 is 2.74 bits per heavy atom. The summed E-state index contributed by atoms with van der Waals surface area (Å²) in [6.07, 6.45) is 3.70. The fourth-order valence-electron chi connectivity index (χ4n) is 2.68. The van der Waals surface area contributed by atoms with Crippen molar-refractivity contribution < 1.29 is 4.79 Å². The number of hydrogen-bond donors (Lipinski definition) is 2. The first-order valence-corrected chi connectivity index (χ1v) is 8.27. The highest BCUT2D eigenvalue weighted by Crippen LogP contribution is 2.37. The van der Waals surface area contributed by atoms with Gasteiger partial charge in [0.2, 0.25) is 5.91 Å². The molecule has 0 aromatic heterocycles. The fraction of sp³-hybridized carbons (Fsp3) is 0.500. The van der Waals surface area contributed by atoms with Crippen LogP contribution in [0.5, 0.6) is 0 Å². The van der Waals surface area contributed by atoms with Gasteiger partial charge in [0, 0.05) is 9.37 Å². The van der Waals surface area contributed by atoms with E-state index in [1.165, 1.54) is 4.90 Å². The Morgan fingerprint density at radius 1 is 1.42 bits per heavy atom. The number of thioether (sulfide) groups is 1. The number of primary amides is 1. The molecule has 2 rings (SSSR count). The van der Waals surface area contributed by atoms with E-state index >= 15 is 0 Å². The first-order chi connectivity index (χ1) is 9.02.